The summed E-state index contributed by atoms with van der Waals surface area (Å²) in [5, 5.41) is 3.90. The minimum atomic E-state index is -0.393. The highest BCUT2D eigenvalue weighted by Gasteiger charge is 2.27. The van der Waals surface area contributed by atoms with Crippen LogP contribution in [0.4, 0.5) is 5.69 Å². The van der Waals surface area contributed by atoms with Gasteiger partial charge in [-0.1, -0.05) is 112 Å². The zero-order chi connectivity index (χ0) is 32.8. The number of amides is 1. The molecule has 0 heterocycles. The van der Waals surface area contributed by atoms with Gasteiger partial charge in [0.15, 0.2) is 5.78 Å². The fraction of sp³-hybridized carbons (Fsp3) is 0.333. The highest BCUT2D eigenvalue weighted by molar-refractivity contribution is 6.30. The van der Waals surface area contributed by atoms with E-state index in [2.05, 4.69) is 56.4 Å². The summed E-state index contributed by atoms with van der Waals surface area (Å²) in [6.45, 7) is 11.1. The molecule has 3 nitrogen and oxygen atoms in total. The summed E-state index contributed by atoms with van der Waals surface area (Å²) in [6, 6.07) is 30.2. The number of benzene rings is 4. The van der Waals surface area contributed by atoms with Gasteiger partial charge in [-0.3, -0.25) is 9.59 Å². The monoisotopic (exact) mass is 631 g/mol. The first-order chi connectivity index (χ1) is 22.0. The molecular weight excluding hydrogens is 586 g/mol. The van der Waals surface area contributed by atoms with E-state index in [1.807, 2.05) is 80.6 Å². The second-order valence-corrected chi connectivity index (χ2v) is 14.3. The molecule has 0 aliphatic heterocycles. The average Bonchev–Trinajstić information content (AvgIpc) is 3.04. The van der Waals surface area contributed by atoms with Gasteiger partial charge in [0.25, 0.3) is 0 Å². The smallest absolute Gasteiger partial charge is 0.232 e. The van der Waals surface area contributed by atoms with Crippen molar-refractivity contribution < 1.29 is 9.59 Å². The van der Waals surface area contributed by atoms with Crippen molar-refractivity contribution in [2.75, 3.05) is 5.32 Å². The molecule has 1 aliphatic carbocycles. The van der Waals surface area contributed by atoms with E-state index in [1.54, 1.807) is 0 Å². The second kappa shape index (κ2) is 14.6. The molecule has 4 aromatic carbocycles. The molecule has 46 heavy (non-hydrogen) atoms. The SMILES string of the molecule is CCCC(=O)c1ccc(C[C@@H](C(=O)Nc2ccc(-c3ccc(Cl)cc3C)cc2)c2ccc(C3=CC[C@@H](C(C)(C)C)CC3)cc2)cc1. The molecule has 0 radical (unpaired) electrons. The quantitative estimate of drug-likeness (QED) is 0.177. The minimum absolute atomic E-state index is 0.0563. The number of halogens is 1. The van der Waals surface area contributed by atoms with E-state index in [9.17, 15) is 9.59 Å². The van der Waals surface area contributed by atoms with E-state index in [0.717, 1.165) is 63.4 Å². The molecule has 0 fully saturated rings. The summed E-state index contributed by atoms with van der Waals surface area (Å²) in [7, 11) is 0. The van der Waals surface area contributed by atoms with E-state index in [0.29, 0.717) is 24.2 Å². The molecule has 1 aliphatic rings. The van der Waals surface area contributed by atoms with Gasteiger partial charge in [0.05, 0.1) is 5.92 Å². The third kappa shape index (κ3) is 8.25. The van der Waals surface area contributed by atoms with Crippen LogP contribution in [0.25, 0.3) is 16.7 Å². The highest BCUT2D eigenvalue weighted by atomic mass is 35.5. The van der Waals surface area contributed by atoms with E-state index >= 15 is 0 Å². The molecule has 238 valence electrons. The largest absolute Gasteiger partial charge is 0.326 e. The fourth-order valence-corrected chi connectivity index (χ4v) is 6.75. The number of hydrogen-bond acceptors (Lipinski definition) is 2. The summed E-state index contributed by atoms with van der Waals surface area (Å²) in [4.78, 5) is 26.4. The molecule has 0 spiro atoms. The standard InChI is InChI=1S/C42H46ClNO2/c1-6-7-40(45)34-10-8-29(9-11-34)27-39(33-14-12-30(13-15-33)31-16-20-35(21-17-31)42(3,4)5)41(46)44-37-23-18-32(19-24-37)38-25-22-36(43)26-28(38)2/h8-16,18-19,22-26,35,39H,6-7,17,20-21,27H2,1-5H3,(H,44,46)/t35-,39-/m1/s1. The first kappa shape index (κ1) is 33.4. The number of allylic oxidation sites excluding steroid dienone is 2. The molecule has 4 heteroatoms. The summed E-state index contributed by atoms with van der Waals surface area (Å²) >= 11 is 6.16. The molecule has 1 amide bonds. The van der Waals surface area contributed by atoms with Gasteiger partial charge in [-0.15, -0.1) is 0 Å². The predicted molar refractivity (Wildman–Crippen MR) is 194 cm³/mol. The van der Waals surface area contributed by atoms with Crippen molar-refractivity contribution in [2.45, 2.75) is 79.1 Å². The number of Topliss-reactive ketones (excluding diaryl/α,β-unsaturated/α-hetero) is 1. The van der Waals surface area contributed by atoms with Crippen LogP contribution in [0.15, 0.2) is 97.1 Å². The van der Waals surface area contributed by atoms with Crippen molar-refractivity contribution in [1.29, 1.82) is 0 Å². The second-order valence-electron chi connectivity index (χ2n) is 13.8. The Morgan fingerprint density at radius 2 is 1.57 bits per heavy atom. The van der Waals surface area contributed by atoms with Gasteiger partial charge in [0.2, 0.25) is 5.91 Å². The molecule has 0 aromatic heterocycles. The van der Waals surface area contributed by atoms with Crippen molar-refractivity contribution >= 4 is 34.6 Å². The van der Waals surface area contributed by atoms with Crippen LogP contribution in [0.1, 0.15) is 98.3 Å². The number of nitrogens with one attached hydrogen (secondary N) is 1. The van der Waals surface area contributed by atoms with Crippen molar-refractivity contribution in [3.8, 4) is 11.1 Å². The van der Waals surface area contributed by atoms with E-state index in [-0.39, 0.29) is 11.7 Å². The zero-order valence-corrected chi connectivity index (χ0v) is 28.6. The van der Waals surface area contributed by atoms with Gasteiger partial charge in [0.1, 0.15) is 0 Å². The Bertz CT molecular complexity index is 1690. The Labute approximate surface area is 280 Å². The van der Waals surface area contributed by atoms with Gasteiger partial charge in [-0.05, 0) is 114 Å². The predicted octanol–water partition coefficient (Wildman–Crippen LogP) is 11.5. The Kier molecular flexibility index (Phi) is 10.6. The van der Waals surface area contributed by atoms with Gasteiger partial charge >= 0.3 is 0 Å². The number of ketones is 1. The molecule has 2 atom stereocenters. The molecule has 0 saturated heterocycles. The average molecular weight is 632 g/mol. The molecule has 0 bridgehead atoms. The van der Waals surface area contributed by atoms with Crippen molar-refractivity contribution in [3.63, 3.8) is 0 Å². The highest BCUT2D eigenvalue weighted by Crippen LogP contribution is 2.40. The van der Waals surface area contributed by atoms with Crippen LogP contribution in [0.2, 0.25) is 5.02 Å². The molecule has 1 N–H and O–H groups in total. The van der Waals surface area contributed by atoms with Gasteiger partial charge in [-0.25, -0.2) is 0 Å². The molecular formula is C42H46ClNO2. The van der Waals surface area contributed by atoms with Gasteiger partial charge in [0, 0.05) is 22.7 Å². The third-order valence-corrected chi connectivity index (χ3v) is 9.72. The lowest BCUT2D eigenvalue weighted by Crippen LogP contribution is -2.23. The summed E-state index contributed by atoms with van der Waals surface area (Å²) in [5.41, 5.74) is 9.73. The maximum atomic E-state index is 13.9. The Morgan fingerprint density at radius 1 is 0.891 bits per heavy atom. The van der Waals surface area contributed by atoms with Crippen LogP contribution in [0, 0.1) is 18.3 Å². The van der Waals surface area contributed by atoms with Gasteiger partial charge < -0.3 is 5.32 Å². The summed E-state index contributed by atoms with van der Waals surface area (Å²) in [6.07, 6.45) is 7.71. The zero-order valence-electron chi connectivity index (χ0n) is 27.8. The van der Waals surface area contributed by atoms with Crippen LogP contribution in [-0.2, 0) is 11.2 Å². The van der Waals surface area contributed by atoms with Crippen LogP contribution >= 0.6 is 11.6 Å². The van der Waals surface area contributed by atoms with E-state index in [1.165, 1.54) is 17.6 Å². The van der Waals surface area contributed by atoms with Crippen molar-refractivity contribution in [3.05, 3.63) is 130 Å². The molecule has 0 saturated carbocycles. The lowest BCUT2D eigenvalue weighted by molar-refractivity contribution is -0.117. The number of hydrogen-bond donors (Lipinski definition) is 1. The first-order valence-corrected chi connectivity index (χ1v) is 17.0. The Hall–Kier alpha value is -3.95. The fourth-order valence-electron chi connectivity index (χ4n) is 6.52. The number of aryl methyl sites for hydroxylation is 1. The maximum Gasteiger partial charge on any atom is 0.232 e. The summed E-state index contributed by atoms with van der Waals surface area (Å²) in [5.74, 6) is 0.410. The number of carbonyl (C=O) groups excluding carboxylic acids is 2. The first-order valence-electron chi connectivity index (χ1n) is 16.6. The topological polar surface area (TPSA) is 46.2 Å². The third-order valence-electron chi connectivity index (χ3n) is 9.48. The maximum absolute atomic E-state index is 13.9. The molecule has 0 unspecified atom stereocenters. The van der Waals surface area contributed by atoms with E-state index < -0.39 is 5.92 Å². The van der Waals surface area contributed by atoms with Crippen LogP contribution in [0.5, 0.6) is 0 Å². The normalized spacial score (nSPS) is 15.6. The van der Waals surface area contributed by atoms with Crippen LogP contribution in [0.3, 0.4) is 0 Å². The molecule has 5 rings (SSSR count). The lowest BCUT2D eigenvalue weighted by atomic mass is 9.72. The lowest BCUT2D eigenvalue weighted by Gasteiger charge is -2.33. The van der Waals surface area contributed by atoms with Gasteiger partial charge in [-0.2, -0.15) is 0 Å². The Balaban J connectivity index is 1.37. The molecule has 4 aromatic rings. The Morgan fingerprint density at radius 3 is 2.15 bits per heavy atom. The minimum Gasteiger partial charge on any atom is -0.326 e. The number of rotatable bonds is 10. The summed E-state index contributed by atoms with van der Waals surface area (Å²) < 4.78 is 0. The van der Waals surface area contributed by atoms with Crippen molar-refractivity contribution in [1.82, 2.24) is 0 Å². The number of anilines is 1. The van der Waals surface area contributed by atoms with Crippen LogP contribution < -0.4 is 5.32 Å². The van der Waals surface area contributed by atoms with Crippen LogP contribution in [-0.4, -0.2) is 11.7 Å². The van der Waals surface area contributed by atoms with E-state index in [4.69, 9.17) is 11.6 Å². The van der Waals surface area contributed by atoms with Crippen molar-refractivity contribution in [2.24, 2.45) is 11.3 Å². The number of carbonyl (C=O) groups is 2.